The van der Waals surface area contributed by atoms with E-state index in [2.05, 4.69) is 10.3 Å². The van der Waals surface area contributed by atoms with Crippen LogP contribution < -0.4 is 5.32 Å². The highest BCUT2D eigenvalue weighted by Gasteiger charge is 2.05. The molecule has 1 heterocycles. The summed E-state index contributed by atoms with van der Waals surface area (Å²) in [4.78, 5) is 4.08. The predicted octanol–water partition coefficient (Wildman–Crippen LogP) is 1.46. The van der Waals surface area contributed by atoms with Gasteiger partial charge >= 0.3 is 0 Å². The van der Waals surface area contributed by atoms with E-state index in [0.29, 0.717) is 11.4 Å². The van der Waals surface area contributed by atoms with Crippen LogP contribution in [0.2, 0.25) is 0 Å². The number of pyridine rings is 1. The summed E-state index contributed by atoms with van der Waals surface area (Å²) in [6.07, 6.45) is 1.74. The quantitative estimate of drug-likeness (QED) is 0.514. The fraction of sp³-hybridized carbons (Fsp3) is 0.222. The van der Waals surface area contributed by atoms with Crippen LogP contribution in [0.4, 0.5) is 5.82 Å². The number of aryl methyl sites for hydroxylation is 2. The Hall–Kier alpha value is -2.07. The van der Waals surface area contributed by atoms with E-state index < -0.39 is 0 Å². The molecule has 0 atom stereocenters. The van der Waals surface area contributed by atoms with Crippen LogP contribution in [0.15, 0.2) is 6.07 Å². The van der Waals surface area contributed by atoms with Gasteiger partial charge in [-0.3, -0.25) is 5.32 Å². The molecule has 0 aromatic carbocycles. The highest BCUT2D eigenvalue weighted by molar-refractivity contribution is 5.55. The van der Waals surface area contributed by atoms with E-state index in [9.17, 15) is 0 Å². The third-order valence-electron chi connectivity index (χ3n) is 1.76. The van der Waals surface area contributed by atoms with Gasteiger partial charge in [-0.1, -0.05) is 0 Å². The van der Waals surface area contributed by atoms with Crippen molar-refractivity contribution in [1.82, 2.24) is 4.98 Å². The summed E-state index contributed by atoms with van der Waals surface area (Å²) in [5.74, 6) is 0.327. The molecule has 1 aromatic heterocycles. The number of anilines is 1. The van der Waals surface area contributed by atoms with Crippen LogP contribution in [0.1, 0.15) is 16.8 Å². The van der Waals surface area contributed by atoms with Crippen molar-refractivity contribution in [2.75, 3.05) is 5.32 Å². The molecule has 0 aliphatic rings. The lowest BCUT2D eigenvalue weighted by Gasteiger charge is -2.03. The first-order valence-electron chi connectivity index (χ1n) is 3.72. The van der Waals surface area contributed by atoms with Crippen LogP contribution in [0, 0.1) is 36.6 Å². The Morgan fingerprint density at radius 1 is 1.38 bits per heavy atom. The van der Waals surface area contributed by atoms with Crippen molar-refractivity contribution in [1.29, 1.82) is 10.5 Å². The van der Waals surface area contributed by atoms with E-state index in [1.54, 1.807) is 12.3 Å². The molecule has 0 saturated carbocycles. The lowest BCUT2D eigenvalue weighted by molar-refractivity contribution is 1.14. The summed E-state index contributed by atoms with van der Waals surface area (Å²) >= 11 is 0. The van der Waals surface area contributed by atoms with Crippen molar-refractivity contribution in [3.05, 3.63) is 22.9 Å². The average Bonchev–Trinajstić information content (AvgIpc) is 2.11. The maximum Gasteiger partial charge on any atom is 0.182 e. The van der Waals surface area contributed by atoms with Crippen LogP contribution in [0.25, 0.3) is 0 Å². The van der Waals surface area contributed by atoms with Gasteiger partial charge in [0.1, 0.15) is 6.07 Å². The summed E-state index contributed by atoms with van der Waals surface area (Å²) in [6.45, 7) is 3.71. The van der Waals surface area contributed by atoms with Crippen LogP contribution >= 0.6 is 0 Å². The Bertz CT molecular complexity index is 409. The molecule has 0 bridgehead atoms. The van der Waals surface area contributed by atoms with Crippen molar-refractivity contribution in [2.24, 2.45) is 0 Å². The van der Waals surface area contributed by atoms with Gasteiger partial charge in [0.05, 0.1) is 5.56 Å². The SMILES string of the molecule is Cc1cc(C#N)c(NC#N)nc1C. The third kappa shape index (κ3) is 1.74. The van der Waals surface area contributed by atoms with Gasteiger partial charge in [0.15, 0.2) is 12.0 Å². The van der Waals surface area contributed by atoms with Crippen LogP contribution in [-0.4, -0.2) is 4.98 Å². The molecule has 4 nitrogen and oxygen atoms in total. The lowest BCUT2D eigenvalue weighted by atomic mass is 10.1. The predicted molar refractivity (Wildman–Crippen MR) is 47.7 cm³/mol. The molecule has 13 heavy (non-hydrogen) atoms. The van der Waals surface area contributed by atoms with Gasteiger partial charge in [0, 0.05) is 5.69 Å². The maximum atomic E-state index is 8.72. The number of nitrogens with zero attached hydrogens (tertiary/aromatic N) is 3. The first kappa shape index (κ1) is 9.02. The Kier molecular flexibility index (Phi) is 2.47. The average molecular weight is 172 g/mol. The maximum absolute atomic E-state index is 8.72. The minimum atomic E-state index is 0.327. The van der Waals surface area contributed by atoms with E-state index in [1.807, 2.05) is 19.9 Å². The molecule has 0 aliphatic heterocycles. The Morgan fingerprint density at radius 3 is 2.62 bits per heavy atom. The summed E-state index contributed by atoms with van der Waals surface area (Å²) in [5.41, 5.74) is 2.15. The van der Waals surface area contributed by atoms with Gasteiger partial charge < -0.3 is 0 Å². The standard InChI is InChI=1S/C9H8N4/c1-6-3-8(4-10)9(12-5-11)13-7(6)2/h3H,1-2H3,(H,12,13). The zero-order chi connectivity index (χ0) is 9.84. The number of nitriles is 2. The van der Waals surface area contributed by atoms with E-state index in [0.717, 1.165) is 11.3 Å². The van der Waals surface area contributed by atoms with Gasteiger partial charge in [-0.2, -0.15) is 10.5 Å². The molecule has 0 aliphatic carbocycles. The van der Waals surface area contributed by atoms with Gasteiger partial charge in [-0.15, -0.1) is 0 Å². The van der Waals surface area contributed by atoms with Crippen molar-refractivity contribution in [3.63, 3.8) is 0 Å². The van der Waals surface area contributed by atoms with Crippen molar-refractivity contribution < 1.29 is 0 Å². The van der Waals surface area contributed by atoms with Crippen LogP contribution in [0.5, 0.6) is 0 Å². The van der Waals surface area contributed by atoms with Crippen molar-refractivity contribution >= 4 is 5.82 Å². The molecule has 0 saturated heterocycles. The molecular formula is C9H8N4. The Morgan fingerprint density at radius 2 is 2.08 bits per heavy atom. The normalized spacial score (nSPS) is 8.62. The van der Waals surface area contributed by atoms with Crippen LogP contribution in [-0.2, 0) is 0 Å². The number of hydrogen-bond acceptors (Lipinski definition) is 4. The highest BCUT2D eigenvalue weighted by atomic mass is 15.0. The zero-order valence-electron chi connectivity index (χ0n) is 7.42. The smallest absolute Gasteiger partial charge is 0.182 e. The minimum Gasteiger partial charge on any atom is -0.276 e. The number of rotatable bonds is 1. The zero-order valence-corrected chi connectivity index (χ0v) is 7.42. The van der Waals surface area contributed by atoms with Gasteiger partial charge in [-0.25, -0.2) is 4.98 Å². The minimum absolute atomic E-state index is 0.327. The van der Waals surface area contributed by atoms with Gasteiger partial charge in [0.25, 0.3) is 0 Å². The fourth-order valence-corrected chi connectivity index (χ4v) is 0.939. The number of aromatic nitrogens is 1. The van der Waals surface area contributed by atoms with E-state index in [-0.39, 0.29) is 0 Å². The summed E-state index contributed by atoms with van der Waals surface area (Å²) in [6, 6.07) is 3.68. The second-order valence-electron chi connectivity index (χ2n) is 2.64. The fourth-order valence-electron chi connectivity index (χ4n) is 0.939. The van der Waals surface area contributed by atoms with E-state index in [1.165, 1.54) is 0 Å². The first-order valence-corrected chi connectivity index (χ1v) is 3.72. The number of nitrogens with one attached hydrogen (secondary N) is 1. The molecule has 1 aromatic rings. The molecule has 0 amide bonds. The summed E-state index contributed by atoms with van der Waals surface area (Å²) < 4.78 is 0. The Labute approximate surface area is 76.4 Å². The second-order valence-corrected chi connectivity index (χ2v) is 2.64. The summed E-state index contributed by atoms with van der Waals surface area (Å²) in [7, 11) is 0. The highest BCUT2D eigenvalue weighted by Crippen LogP contribution is 2.15. The van der Waals surface area contributed by atoms with E-state index in [4.69, 9.17) is 10.5 Å². The molecule has 1 rings (SSSR count). The van der Waals surface area contributed by atoms with E-state index >= 15 is 0 Å². The van der Waals surface area contributed by atoms with Crippen LogP contribution in [0.3, 0.4) is 0 Å². The molecular weight excluding hydrogens is 164 g/mol. The van der Waals surface area contributed by atoms with Crippen molar-refractivity contribution in [2.45, 2.75) is 13.8 Å². The monoisotopic (exact) mass is 172 g/mol. The largest absolute Gasteiger partial charge is 0.276 e. The number of hydrogen-bond donors (Lipinski definition) is 1. The molecule has 4 heteroatoms. The Balaban J connectivity index is 3.28. The second kappa shape index (κ2) is 3.55. The lowest BCUT2D eigenvalue weighted by Crippen LogP contribution is -1.99. The first-order chi connectivity index (χ1) is 6.19. The molecule has 0 unspecified atom stereocenters. The molecule has 0 fully saturated rings. The molecule has 64 valence electrons. The summed E-state index contributed by atoms with van der Waals surface area (Å²) in [5, 5.41) is 19.5. The molecule has 0 radical (unpaired) electrons. The van der Waals surface area contributed by atoms with Gasteiger partial charge in [0.2, 0.25) is 0 Å². The molecule has 0 spiro atoms. The molecule has 1 N–H and O–H groups in total. The third-order valence-corrected chi connectivity index (χ3v) is 1.76. The topological polar surface area (TPSA) is 72.5 Å². The van der Waals surface area contributed by atoms with Gasteiger partial charge in [-0.05, 0) is 25.5 Å². The van der Waals surface area contributed by atoms with Crippen molar-refractivity contribution in [3.8, 4) is 12.3 Å².